The van der Waals surface area contributed by atoms with Gasteiger partial charge in [-0.3, -0.25) is 0 Å². The fourth-order valence-corrected chi connectivity index (χ4v) is 4.55. The van der Waals surface area contributed by atoms with E-state index in [1.807, 2.05) is 45.2 Å². The Morgan fingerprint density at radius 1 is 1.38 bits per heavy atom. The Hall–Kier alpha value is -2.78. The number of benzene rings is 1. The summed E-state index contributed by atoms with van der Waals surface area (Å²) in [5, 5.41) is 8.51. The molecule has 0 radical (unpaired) electrons. The van der Waals surface area contributed by atoms with Gasteiger partial charge in [-0.1, -0.05) is 23.7 Å². The zero-order chi connectivity index (χ0) is 24.5. The van der Waals surface area contributed by atoms with Gasteiger partial charge < -0.3 is 20.7 Å². The third-order valence-electron chi connectivity index (χ3n) is 5.49. The molecule has 0 unspecified atom stereocenters. The number of carbonyl (C=O) groups excluding carboxylic acids is 1. The molecule has 0 aliphatic carbocycles. The highest BCUT2D eigenvalue weighted by molar-refractivity contribution is 9.10. The molecule has 1 saturated heterocycles. The molecule has 34 heavy (non-hydrogen) atoms. The Morgan fingerprint density at radius 3 is 2.88 bits per heavy atom. The van der Waals surface area contributed by atoms with Crippen LogP contribution in [0.2, 0.25) is 5.02 Å². The Bertz CT molecular complexity index is 1240. The monoisotopic (exact) mass is 546 g/mol. The maximum absolute atomic E-state index is 12.7. The van der Waals surface area contributed by atoms with E-state index in [1.54, 1.807) is 27.7 Å². The van der Waals surface area contributed by atoms with E-state index in [1.165, 1.54) is 0 Å². The standard InChI is InChI=1S/C24H28BrClN6O2/c1-24(2,3)34-23(33)31-10-6-7-16(31)12-28-21-17(13-29-32-14-15(25)11-20(21)32)22(27)30-19-9-5-4-8-18(19)26/h4-5,8-9,11,13-14,16,28H,6-7,10,12H2,1-3H3,(H2,27,30)/t16-/m1/s1. The lowest BCUT2D eigenvalue weighted by molar-refractivity contribution is 0.0235. The molecule has 1 aliphatic rings. The summed E-state index contributed by atoms with van der Waals surface area (Å²) in [6, 6.07) is 9.23. The number of likely N-dealkylation sites (tertiary alicyclic amines) is 1. The molecule has 1 aromatic carbocycles. The van der Waals surface area contributed by atoms with Crippen molar-refractivity contribution in [2.24, 2.45) is 10.7 Å². The number of ether oxygens (including phenoxy) is 1. The van der Waals surface area contributed by atoms with Crippen LogP contribution in [0.3, 0.4) is 0 Å². The number of halogens is 2. The van der Waals surface area contributed by atoms with E-state index >= 15 is 0 Å². The highest BCUT2D eigenvalue weighted by Crippen LogP contribution is 2.29. The van der Waals surface area contributed by atoms with Gasteiger partial charge in [-0.15, -0.1) is 0 Å². The smallest absolute Gasteiger partial charge is 0.410 e. The number of amidine groups is 1. The van der Waals surface area contributed by atoms with Crippen molar-refractivity contribution < 1.29 is 9.53 Å². The van der Waals surface area contributed by atoms with Crippen molar-refractivity contribution in [2.75, 3.05) is 18.4 Å². The Balaban J connectivity index is 1.64. The Morgan fingerprint density at radius 2 is 2.15 bits per heavy atom. The lowest BCUT2D eigenvalue weighted by atomic mass is 10.1. The summed E-state index contributed by atoms with van der Waals surface area (Å²) in [6.07, 6.45) is 5.07. The molecule has 3 N–H and O–H groups in total. The Labute approximate surface area is 212 Å². The van der Waals surface area contributed by atoms with Gasteiger partial charge in [-0.2, -0.15) is 5.10 Å². The third kappa shape index (κ3) is 5.47. The lowest BCUT2D eigenvalue weighted by Gasteiger charge is -2.29. The lowest BCUT2D eigenvalue weighted by Crippen LogP contribution is -2.42. The van der Waals surface area contributed by atoms with Crippen LogP contribution in [0.1, 0.15) is 39.2 Å². The number of aliphatic imine (C=N–C) groups is 1. The van der Waals surface area contributed by atoms with E-state index in [0.29, 0.717) is 35.2 Å². The maximum atomic E-state index is 12.7. The van der Waals surface area contributed by atoms with Crippen molar-refractivity contribution in [2.45, 2.75) is 45.3 Å². The van der Waals surface area contributed by atoms with E-state index < -0.39 is 5.60 Å². The molecule has 0 saturated carbocycles. The van der Waals surface area contributed by atoms with Crippen molar-refractivity contribution in [3.8, 4) is 0 Å². The second-order valence-electron chi connectivity index (χ2n) is 9.22. The number of hydrogen-bond acceptors (Lipinski definition) is 5. The summed E-state index contributed by atoms with van der Waals surface area (Å²) in [5.41, 5.74) is 8.74. The molecule has 1 aliphatic heterocycles. The molecular formula is C24H28BrClN6O2. The van der Waals surface area contributed by atoms with Gasteiger partial charge in [0.15, 0.2) is 0 Å². The molecule has 180 valence electrons. The second kappa shape index (κ2) is 9.84. The topological polar surface area (TPSA) is 97.2 Å². The molecule has 0 bridgehead atoms. The van der Waals surface area contributed by atoms with E-state index in [2.05, 4.69) is 31.3 Å². The van der Waals surface area contributed by atoms with Gasteiger partial charge in [0.1, 0.15) is 11.4 Å². The van der Waals surface area contributed by atoms with Crippen LogP contribution in [-0.2, 0) is 4.74 Å². The summed E-state index contributed by atoms with van der Waals surface area (Å²) < 4.78 is 8.25. The van der Waals surface area contributed by atoms with Gasteiger partial charge >= 0.3 is 6.09 Å². The summed E-state index contributed by atoms with van der Waals surface area (Å²) >= 11 is 9.80. The SMILES string of the molecule is CC(C)(C)OC(=O)N1CCC[C@@H]1CNc1c(C(N)=Nc2ccccc2Cl)cnn2cc(Br)cc12. The van der Waals surface area contributed by atoms with Crippen LogP contribution in [0.15, 0.2) is 52.2 Å². The average Bonchev–Trinajstić information content (AvgIpc) is 3.38. The minimum Gasteiger partial charge on any atom is -0.444 e. The summed E-state index contributed by atoms with van der Waals surface area (Å²) in [4.78, 5) is 19.1. The van der Waals surface area contributed by atoms with Gasteiger partial charge in [0.05, 0.1) is 39.7 Å². The molecule has 3 heterocycles. The summed E-state index contributed by atoms with van der Waals surface area (Å²) in [5.74, 6) is 0.290. The molecule has 3 aromatic rings. The number of amides is 1. The minimum atomic E-state index is -0.538. The molecule has 1 atom stereocenters. The first-order chi connectivity index (χ1) is 16.1. The quantitative estimate of drug-likeness (QED) is 0.320. The Kier molecular flexibility index (Phi) is 7.04. The number of nitrogens with one attached hydrogen (secondary N) is 1. The highest BCUT2D eigenvalue weighted by atomic mass is 79.9. The highest BCUT2D eigenvalue weighted by Gasteiger charge is 2.32. The number of nitrogens with two attached hydrogens (primary N) is 1. The number of carbonyl (C=O) groups is 1. The fraction of sp³-hybridized carbons (Fsp3) is 0.375. The van der Waals surface area contributed by atoms with Crippen LogP contribution in [0.25, 0.3) is 5.52 Å². The van der Waals surface area contributed by atoms with Crippen molar-refractivity contribution in [1.82, 2.24) is 14.5 Å². The summed E-state index contributed by atoms with van der Waals surface area (Å²) in [7, 11) is 0. The maximum Gasteiger partial charge on any atom is 0.410 e. The first kappa shape index (κ1) is 24.3. The van der Waals surface area contributed by atoms with E-state index in [9.17, 15) is 4.79 Å². The van der Waals surface area contributed by atoms with Gasteiger partial charge in [0.25, 0.3) is 0 Å². The van der Waals surface area contributed by atoms with E-state index in [0.717, 1.165) is 28.5 Å². The number of rotatable bonds is 5. The van der Waals surface area contributed by atoms with Crippen LogP contribution in [-0.4, -0.2) is 51.2 Å². The van der Waals surface area contributed by atoms with Gasteiger partial charge in [0.2, 0.25) is 0 Å². The number of anilines is 1. The molecule has 0 spiro atoms. The van der Waals surface area contributed by atoms with Crippen molar-refractivity contribution in [1.29, 1.82) is 0 Å². The van der Waals surface area contributed by atoms with Crippen molar-refractivity contribution in [3.05, 3.63) is 57.8 Å². The van der Waals surface area contributed by atoms with Crippen molar-refractivity contribution >= 4 is 56.4 Å². The van der Waals surface area contributed by atoms with Gasteiger partial charge in [-0.05, 0) is 67.7 Å². The van der Waals surface area contributed by atoms with Crippen LogP contribution in [0, 0.1) is 0 Å². The third-order valence-corrected chi connectivity index (χ3v) is 6.25. The normalized spacial score (nSPS) is 16.8. The van der Waals surface area contributed by atoms with E-state index in [-0.39, 0.29) is 12.1 Å². The summed E-state index contributed by atoms with van der Waals surface area (Å²) in [6.45, 7) is 6.83. The molecule has 2 aromatic heterocycles. The number of aromatic nitrogens is 2. The average molecular weight is 548 g/mol. The molecule has 1 fully saturated rings. The second-order valence-corrected chi connectivity index (χ2v) is 10.5. The molecule has 4 rings (SSSR count). The zero-order valence-corrected chi connectivity index (χ0v) is 21.7. The molecule has 8 nitrogen and oxygen atoms in total. The fourth-order valence-electron chi connectivity index (χ4n) is 3.97. The zero-order valence-electron chi connectivity index (χ0n) is 19.4. The van der Waals surface area contributed by atoms with Gasteiger partial charge in [0, 0.05) is 23.8 Å². The van der Waals surface area contributed by atoms with Crippen LogP contribution in [0.5, 0.6) is 0 Å². The molecule has 1 amide bonds. The first-order valence-corrected chi connectivity index (χ1v) is 12.3. The number of para-hydroxylation sites is 1. The molecule has 10 heteroatoms. The van der Waals surface area contributed by atoms with E-state index in [4.69, 9.17) is 22.1 Å². The predicted octanol–water partition coefficient (Wildman–Crippen LogP) is 5.60. The first-order valence-electron chi connectivity index (χ1n) is 11.1. The van der Waals surface area contributed by atoms with Gasteiger partial charge in [-0.25, -0.2) is 14.3 Å². The number of fused-ring (bicyclic) bond motifs is 1. The largest absolute Gasteiger partial charge is 0.444 e. The van der Waals surface area contributed by atoms with Crippen LogP contribution in [0.4, 0.5) is 16.2 Å². The van der Waals surface area contributed by atoms with Crippen LogP contribution < -0.4 is 11.1 Å². The number of hydrogen-bond donors (Lipinski definition) is 2. The van der Waals surface area contributed by atoms with Crippen LogP contribution >= 0.6 is 27.5 Å². The predicted molar refractivity (Wildman–Crippen MR) is 139 cm³/mol. The molecular weight excluding hydrogens is 520 g/mol. The minimum absolute atomic E-state index is 0.00366. The number of nitrogens with zero attached hydrogens (tertiary/aromatic N) is 4. The van der Waals surface area contributed by atoms with Crippen molar-refractivity contribution in [3.63, 3.8) is 0 Å².